The molecule has 1 atom stereocenters. The maximum absolute atomic E-state index is 10.9. The first-order valence-electron chi connectivity index (χ1n) is 10.5. The number of hydrogen-bond acceptors (Lipinski definition) is 7. The number of hydrogen-bond donors (Lipinski definition) is 3. The molecule has 0 radical (unpaired) electrons. The zero-order chi connectivity index (χ0) is 23.8. The van der Waals surface area contributed by atoms with E-state index >= 15 is 0 Å². The Labute approximate surface area is 197 Å². The molecule has 0 bridgehead atoms. The quantitative estimate of drug-likeness (QED) is 0.287. The summed E-state index contributed by atoms with van der Waals surface area (Å²) in [5, 5.41) is 22.2. The molecule has 3 N–H and O–H groups in total. The third kappa shape index (κ3) is 7.42. The van der Waals surface area contributed by atoms with Gasteiger partial charge in [0.15, 0.2) is 0 Å². The fraction of sp³-hybridized carbons (Fsp3) is 0.292. The number of nitrogens with zero attached hydrogens (tertiary/aromatic N) is 3. The van der Waals surface area contributed by atoms with E-state index in [0.29, 0.717) is 35.9 Å². The van der Waals surface area contributed by atoms with Crippen molar-refractivity contribution in [3.05, 3.63) is 82.3 Å². The van der Waals surface area contributed by atoms with Gasteiger partial charge in [0.1, 0.15) is 16.8 Å². The van der Waals surface area contributed by atoms with Crippen LogP contribution in [0.2, 0.25) is 5.15 Å². The molecule has 3 aromatic rings. The van der Waals surface area contributed by atoms with Crippen molar-refractivity contribution in [1.82, 2.24) is 9.97 Å². The lowest BCUT2D eigenvalue weighted by Gasteiger charge is -2.18. The smallest absolute Gasteiger partial charge is 0.303 e. The van der Waals surface area contributed by atoms with Gasteiger partial charge in [-0.05, 0) is 29.7 Å². The molecular formula is C24H27ClN4O4. The van der Waals surface area contributed by atoms with E-state index in [1.807, 2.05) is 68.7 Å². The molecular weight excluding hydrogens is 444 g/mol. The highest BCUT2D eigenvalue weighted by molar-refractivity contribution is 6.30. The lowest BCUT2D eigenvalue weighted by atomic mass is 10.1. The van der Waals surface area contributed by atoms with Crippen molar-refractivity contribution in [3.63, 3.8) is 0 Å². The number of ether oxygens (including phenoxy) is 1. The number of anilines is 2. The number of carbonyl (C=O) groups is 1. The maximum Gasteiger partial charge on any atom is 0.303 e. The van der Waals surface area contributed by atoms with E-state index < -0.39 is 12.4 Å². The van der Waals surface area contributed by atoms with Crippen LogP contribution in [0.15, 0.2) is 54.6 Å². The van der Waals surface area contributed by atoms with Gasteiger partial charge < -0.3 is 25.2 Å². The van der Waals surface area contributed by atoms with E-state index in [0.717, 1.165) is 11.1 Å². The largest absolute Gasteiger partial charge is 0.481 e. The van der Waals surface area contributed by atoms with Crippen LogP contribution in [-0.2, 0) is 29.0 Å². The molecule has 0 aliphatic heterocycles. The van der Waals surface area contributed by atoms with E-state index in [1.165, 1.54) is 0 Å². The van der Waals surface area contributed by atoms with Crippen molar-refractivity contribution < 1.29 is 19.7 Å². The molecule has 1 aromatic heterocycles. The van der Waals surface area contributed by atoms with Gasteiger partial charge in [-0.2, -0.15) is 0 Å². The average molecular weight is 471 g/mol. The first kappa shape index (κ1) is 24.4. The highest BCUT2D eigenvalue weighted by atomic mass is 35.5. The highest BCUT2D eigenvalue weighted by Crippen LogP contribution is 2.26. The van der Waals surface area contributed by atoms with Crippen molar-refractivity contribution in [2.24, 2.45) is 0 Å². The fourth-order valence-corrected chi connectivity index (χ4v) is 3.50. The van der Waals surface area contributed by atoms with Crippen LogP contribution in [0.25, 0.3) is 0 Å². The van der Waals surface area contributed by atoms with Gasteiger partial charge in [-0.3, -0.25) is 4.79 Å². The van der Waals surface area contributed by atoms with Gasteiger partial charge >= 0.3 is 5.97 Å². The summed E-state index contributed by atoms with van der Waals surface area (Å²) in [6.45, 7) is 0.294. The van der Waals surface area contributed by atoms with Crippen molar-refractivity contribution in [2.45, 2.75) is 32.3 Å². The Bertz CT molecular complexity index is 1060. The van der Waals surface area contributed by atoms with Gasteiger partial charge in [-0.1, -0.05) is 54.1 Å². The first-order chi connectivity index (χ1) is 15.8. The number of rotatable bonds is 11. The molecule has 33 heavy (non-hydrogen) atoms. The van der Waals surface area contributed by atoms with E-state index in [4.69, 9.17) is 21.4 Å². The van der Waals surface area contributed by atoms with Crippen LogP contribution in [0.1, 0.15) is 28.9 Å². The monoisotopic (exact) mass is 470 g/mol. The Morgan fingerprint density at radius 2 is 1.79 bits per heavy atom. The first-order valence-corrected chi connectivity index (χ1v) is 10.8. The zero-order valence-electron chi connectivity index (χ0n) is 18.5. The second-order valence-electron chi connectivity index (χ2n) is 7.69. The van der Waals surface area contributed by atoms with Crippen molar-refractivity contribution in [2.75, 3.05) is 24.3 Å². The number of carboxylic acid groups (broad SMARTS) is 1. The third-order valence-electron chi connectivity index (χ3n) is 4.85. The number of aliphatic hydroxyl groups is 1. The molecule has 2 aromatic carbocycles. The molecule has 0 aliphatic rings. The fourth-order valence-electron chi connectivity index (χ4n) is 3.22. The molecule has 0 aliphatic carbocycles. The SMILES string of the molecule is CN(C)c1nc(Cc2ccc(NC(O)OCc3ccccc3)cc2)nc(Cl)c1CCC(=O)O. The van der Waals surface area contributed by atoms with E-state index in [9.17, 15) is 9.90 Å². The minimum atomic E-state index is -1.14. The van der Waals surface area contributed by atoms with Gasteiger partial charge in [0, 0.05) is 38.2 Å². The maximum atomic E-state index is 10.9. The lowest BCUT2D eigenvalue weighted by molar-refractivity contribution is -0.136. The number of aromatic nitrogens is 2. The van der Waals surface area contributed by atoms with Crippen LogP contribution in [0.5, 0.6) is 0 Å². The minimum absolute atomic E-state index is 0.0430. The summed E-state index contributed by atoms with van der Waals surface area (Å²) < 4.78 is 5.42. The molecule has 0 spiro atoms. The van der Waals surface area contributed by atoms with E-state index in [1.54, 1.807) is 4.90 Å². The molecule has 174 valence electrons. The Morgan fingerprint density at radius 3 is 2.42 bits per heavy atom. The number of nitrogens with one attached hydrogen (secondary N) is 1. The van der Waals surface area contributed by atoms with Crippen LogP contribution in [0.3, 0.4) is 0 Å². The van der Waals surface area contributed by atoms with Crippen LogP contribution < -0.4 is 10.2 Å². The molecule has 0 fully saturated rings. The van der Waals surface area contributed by atoms with Crippen LogP contribution in [-0.4, -0.2) is 46.7 Å². The van der Waals surface area contributed by atoms with Crippen LogP contribution in [0, 0.1) is 0 Å². The summed E-state index contributed by atoms with van der Waals surface area (Å²) in [5.74, 6) is 0.252. The molecule has 9 heteroatoms. The van der Waals surface area contributed by atoms with Crippen LogP contribution in [0.4, 0.5) is 11.5 Å². The average Bonchev–Trinajstić information content (AvgIpc) is 2.78. The summed E-state index contributed by atoms with van der Waals surface area (Å²) in [7, 11) is 3.66. The van der Waals surface area contributed by atoms with Gasteiger partial charge in [0.2, 0.25) is 6.41 Å². The number of carboxylic acids is 1. The molecule has 8 nitrogen and oxygen atoms in total. The Balaban J connectivity index is 1.62. The number of aliphatic hydroxyl groups excluding tert-OH is 1. The van der Waals surface area contributed by atoms with E-state index in [-0.39, 0.29) is 18.0 Å². The van der Waals surface area contributed by atoms with E-state index in [2.05, 4.69) is 15.3 Å². The number of aliphatic carboxylic acids is 1. The van der Waals surface area contributed by atoms with Gasteiger partial charge in [0.05, 0.1) is 6.61 Å². The van der Waals surface area contributed by atoms with Crippen molar-refractivity contribution >= 4 is 29.1 Å². The zero-order valence-corrected chi connectivity index (χ0v) is 19.3. The second-order valence-corrected chi connectivity index (χ2v) is 8.05. The highest BCUT2D eigenvalue weighted by Gasteiger charge is 2.16. The standard InChI is InChI=1S/C24H27ClN4O4/c1-29(2)23-19(12-13-21(30)31)22(25)27-20(28-23)14-16-8-10-18(11-9-16)26-24(32)33-15-17-6-4-3-5-7-17/h3-11,24,26,32H,12-15H2,1-2H3,(H,30,31). The molecule has 0 saturated heterocycles. The predicted molar refractivity (Wildman–Crippen MR) is 127 cm³/mol. The summed E-state index contributed by atoms with van der Waals surface area (Å²) in [5.41, 5.74) is 3.26. The van der Waals surface area contributed by atoms with Crippen molar-refractivity contribution in [3.8, 4) is 0 Å². The number of benzene rings is 2. The molecule has 0 saturated carbocycles. The third-order valence-corrected chi connectivity index (χ3v) is 5.16. The summed E-state index contributed by atoms with van der Waals surface area (Å²) >= 11 is 6.36. The molecule has 0 amide bonds. The van der Waals surface area contributed by atoms with Gasteiger partial charge in [0.25, 0.3) is 0 Å². The van der Waals surface area contributed by atoms with Gasteiger partial charge in [-0.15, -0.1) is 0 Å². The topological polar surface area (TPSA) is 108 Å². The molecule has 1 unspecified atom stereocenters. The second kappa shape index (κ2) is 11.6. The normalized spacial score (nSPS) is 11.8. The minimum Gasteiger partial charge on any atom is -0.481 e. The lowest BCUT2D eigenvalue weighted by Crippen LogP contribution is -2.22. The Morgan fingerprint density at radius 1 is 1.09 bits per heavy atom. The summed E-state index contributed by atoms with van der Waals surface area (Å²) in [4.78, 5) is 21.7. The predicted octanol–water partition coefficient (Wildman–Crippen LogP) is 3.71. The van der Waals surface area contributed by atoms with Crippen LogP contribution >= 0.6 is 11.6 Å². The summed E-state index contributed by atoms with van der Waals surface area (Å²) in [6.07, 6.45) is -0.470. The summed E-state index contributed by atoms with van der Waals surface area (Å²) in [6, 6.07) is 17.1. The Hall–Kier alpha value is -3.20. The van der Waals surface area contributed by atoms with Crippen molar-refractivity contribution in [1.29, 1.82) is 0 Å². The Kier molecular flexibility index (Phi) is 8.59. The van der Waals surface area contributed by atoms with Gasteiger partial charge in [-0.25, -0.2) is 9.97 Å². The molecule has 3 rings (SSSR count). The number of halogens is 1. The molecule has 1 heterocycles.